The fourth-order valence-corrected chi connectivity index (χ4v) is 2.24. The molecule has 0 aliphatic carbocycles. The lowest BCUT2D eigenvalue weighted by Crippen LogP contribution is -2.15. The minimum Gasteiger partial charge on any atom is -0.481 e. The zero-order chi connectivity index (χ0) is 10.7. The van der Waals surface area contributed by atoms with Gasteiger partial charge in [0, 0.05) is 21.1 Å². The quantitative estimate of drug-likeness (QED) is 0.893. The molecule has 0 bridgehead atoms. The van der Waals surface area contributed by atoms with Crippen LogP contribution < -0.4 is 5.73 Å². The van der Waals surface area contributed by atoms with Crippen LogP contribution in [0.5, 0.6) is 0 Å². The maximum absolute atomic E-state index is 10.5. The monoisotopic (exact) mass is 277 g/mol. The van der Waals surface area contributed by atoms with E-state index in [0.29, 0.717) is 10.6 Å². The number of nitrogens with two attached hydrogens (primary N) is 1. The Kier molecular flexibility index (Phi) is 3.92. The van der Waals surface area contributed by atoms with Gasteiger partial charge in [-0.05, 0) is 12.1 Å². The SMILES string of the molecule is NC(CC(=O)O)c1c(Cl)cccc1Br. The molecule has 0 aliphatic rings. The maximum Gasteiger partial charge on any atom is 0.305 e. The summed E-state index contributed by atoms with van der Waals surface area (Å²) in [4.78, 5) is 10.5. The normalized spacial score (nSPS) is 12.5. The van der Waals surface area contributed by atoms with Gasteiger partial charge in [-0.2, -0.15) is 0 Å². The summed E-state index contributed by atoms with van der Waals surface area (Å²) in [7, 11) is 0. The summed E-state index contributed by atoms with van der Waals surface area (Å²) < 4.78 is 0.735. The summed E-state index contributed by atoms with van der Waals surface area (Å²) in [6, 6.07) is 4.64. The van der Waals surface area contributed by atoms with Crippen LogP contribution in [0, 0.1) is 0 Å². The van der Waals surface area contributed by atoms with Gasteiger partial charge in [-0.25, -0.2) is 0 Å². The van der Waals surface area contributed by atoms with Crippen LogP contribution >= 0.6 is 27.5 Å². The highest BCUT2D eigenvalue weighted by Gasteiger charge is 2.16. The van der Waals surface area contributed by atoms with Crippen LogP contribution in [0.3, 0.4) is 0 Å². The number of carboxylic acid groups (broad SMARTS) is 1. The number of hydrogen-bond donors (Lipinski definition) is 2. The first-order chi connectivity index (χ1) is 6.52. The molecule has 1 unspecified atom stereocenters. The van der Waals surface area contributed by atoms with Gasteiger partial charge >= 0.3 is 5.97 Å². The van der Waals surface area contributed by atoms with E-state index in [1.54, 1.807) is 18.2 Å². The third-order valence-electron chi connectivity index (χ3n) is 1.77. The summed E-state index contributed by atoms with van der Waals surface area (Å²) in [5.74, 6) is -0.940. The van der Waals surface area contributed by atoms with Crippen molar-refractivity contribution in [2.45, 2.75) is 12.5 Å². The molecule has 0 heterocycles. The predicted octanol–water partition coefficient (Wildman–Crippen LogP) is 2.58. The molecule has 1 rings (SSSR count). The second kappa shape index (κ2) is 4.77. The van der Waals surface area contributed by atoms with Crippen molar-refractivity contribution in [3.63, 3.8) is 0 Å². The lowest BCUT2D eigenvalue weighted by molar-refractivity contribution is -0.137. The average molecular weight is 279 g/mol. The average Bonchev–Trinajstić information content (AvgIpc) is 2.01. The first-order valence-electron chi connectivity index (χ1n) is 3.93. The Morgan fingerprint density at radius 2 is 2.29 bits per heavy atom. The van der Waals surface area contributed by atoms with Gasteiger partial charge < -0.3 is 10.8 Å². The molecule has 0 saturated heterocycles. The van der Waals surface area contributed by atoms with Gasteiger partial charge in [-0.1, -0.05) is 33.6 Å². The number of carboxylic acids is 1. The van der Waals surface area contributed by atoms with E-state index in [1.165, 1.54) is 0 Å². The van der Waals surface area contributed by atoms with Crippen LogP contribution in [0.15, 0.2) is 22.7 Å². The van der Waals surface area contributed by atoms with Crippen LogP contribution in [-0.2, 0) is 4.79 Å². The van der Waals surface area contributed by atoms with E-state index in [2.05, 4.69) is 15.9 Å². The molecular formula is C9H9BrClNO2. The fraction of sp³-hybridized carbons (Fsp3) is 0.222. The molecule has 76 valence electrons. The van der Waals surface area contributed by atoms with E-state index in [0.717, 1.165) is 4.47 Å². The third-order valence-corrected chi connectivity index (χ3v) is 2.79. The highest BCUT2D eigenvalue weighted by Crippen LogP contribution is 2.30. The number of aliphatic carboxylic acids is 1. The minimum absolute atomic E-state index is 0.137. The molecule has 5 heteroatoms. The molecule has 1 atom stereocenters. The molecule has 0 amide bonds. The summed E-state index contributed by atoms with van der Waals surface area (Å²) in [6.45, 7) is 0. The Balaban J connectivity index is 2.99. The van der Waals surface area contributed by atoms with Crippen LogP contribution in [-0.4, -0.2) is 11.1 Å². The standard InChI is InChI=1S/C9H9BrClNO2/c10-5-2-1-3-6(11)9(5)7(12)4-8(13)14/h1-3,7H,4,12H2,(H,13,14). The van der Waals surface area contributed by atoms with Crippen LogP contribution in [0.2, 0.25) is 5.02 Å². The van der Waals surface area contributed by atoms with Crippen LogP contribution in [0.25, 0.3) is 0 Å². The minimum atomic E-state index is -0.940. The van der Waals surface area contributed by atoms with Crippen molar-refractivity contribution < 1.29 is 9.90 Å². The largest absolute Gasteiger partial charge is 0.481 e. The number of halogens is 2. The van der Waals surface area contributed by atoms with Crippen LogP contribution in [0.1, 0.15) is 18.0 Å². The predicted molar refractivity (Wildman–Crippen MR) is 58.3 cm³/mol. The molecule has 1 aromatic rings. The van der Waals surface area contributed by atoms with Crippen molar-refractivity contribution in [3.8, 4) is 0 Å². The number of benzene rings is 1. The molecule has 0 fully saturated rings. The lowest BCUT2D eigenvalue weighted by Gasteiger charge is -2.13. The zero-order valence-corrected chi connectivity index (χ0v) is 9.55. The molecular weight excluding hydrogens is 269 g/mol. The van der Waals surface area contributed by atoms with E-state index in [-0.39, 0.29) is 6.42 Å². The van der Waals surface area contributed by atoms with Gasteiger partial charge in [0.1, 0.15) is 0 Å². The summed E-state index contributed by atoms with van der Waals surface area (Å²) in [5, 5.41) is 9.07. The Morgan fingerprint density at radius 3 is 2.79 bits per heavy atom. The Labute approximate surface area is 95.0 Å². The van der Waals surface area contributed by atoms with Gasteiger partial charge in [-0.3, -0.25) is 4.79 Å². The summed E-state index contributed by atoms with van der Waals surface area (Å²) in [5.41, 5.74) is 6.34. The van der Waals surface area contributed by atoms with Gasteiger partial charge in [0.05, 0.1) is 6.42 Å². The lowest BCUT2D eigenvalue weighted by atomic mass is 10.1. The van der Waals surface area contributed by atoms with Crippen LogP contribution in [0.4, 0.5) is 0 Å². The number of rotatable bonds is 3. The van der Waals surface area contributed by atoms with Gasteiger partial charge in [0.2, 0.25) is 0 Å². The molecule has 0 radical (unpaired) electrons. The van der Waals surface area contributed by atoms with Crippen molar-refractivity contribution in [1.82, 2.24) is 0 Å². The number of carbonyl (C=O) groups is 1. The zero-order valence-electron chi connectivity index (χ0n) is 7.21. The Morgan fingerprint density at radius 1 is 1.64 bits per heavy atom. The number of hydrogen-bond acceptors (Lipinski definition) is 2. The second-order valence-corrected chi connectivity index (χ2v) is 4.10. The van der Waals surface area contributed by atoms with E-state index in [4.69, 9.17) is 22.4 Å². The van der Waals surface area contributed by atoms with Crippen molar-refractivity contribution in [3.05, 3.63) is 33.3 Å². The van der Waals surface area contributed by atoms with Crippen molar-refractivity contribution >= 4 is 33.5 Å². The highest BCUT2D eigenvalue weighted by molar-refractivity contribution is 9.10. The molecule has 14 heavy (non-hydrogen) atoms. The van der Waals surface area contributed by atoms with Gasteiger partial charge in [-0.15, -0.1) is 0 Å². The van der Waals surface area contributed by atoms with Crippen molar-refractivity contribution in [2.75, 3.05) is 0 Å². The van der Waals surface area contributed by atoms with Crippen molar-refractivity contribution in [2.24, 2.45) is 5.73 Å². The molecule has 0 aliphatic heterocycles. The first kappa shape index (κ1) is 11.5. The van der Waals surface area contributed by atoms with E-state index in [9.17, 15) is 4.79 Å². The third kappa shape index (κ3) is 2.70. The first-order valence-corrected chi connectivity index (χ1v) is 5.10. The summed E-state index contributed by atoms with van der Waals surface area (Å²) in [6.07, 6.45) is -0.137. The topological polar surface area (TPSA) is 63.3 Å². The maximum atomic E-state index is 10.5. The molecule has 0 spiro atoms. The molecule has 0 aromatic heterocycles. The molecule has 1 aromatic carbocycles. The fourth-order valence-electron chi connectivity index (χ4n) is 1.16. The molecule has 0 saturated carbocycles. The van der Waals surface area contributed by atoms with Gasteiger partial charge in [0.15, 0.2) is 0 Å². The van der Waals surface area contributed by atoms with E-state index in [1.807, 2.05) is 0 Å². The second-order valence-electron chi connectivity index (χ2n) is 2.84. The van der Waals surface area contributed by atoms with E-state index >= 15 is 0 Å². The Bertz CT molecular complexity index is 336. The van der Waals surface area contributed by atoms with Crippen molar-refractivity contribution in [1.29, 1.82) is 0 Å². The smallest absolute Gasteiger partial charge is 0.305 e. The Hall–Kier alpha value is -0.580. The molecule has 3 N–H and O–H groups in total. The molecule has 3 nitrogen and oxygen atoms in total. The van der Waals surface area contributed by atoms with Gasteiger partial charge in [0.25, 0.3) is 0 Å². The summed E-state index contributed by atoms with van der Waals surface area (Å²) >= 11 is 9.19. The highest BCUT2D eigenvalue weighted by atomic mass is 79.9. The van der Waals surface area contributed by atoms with E-state index < -0.39 is 12.0 Å².